The van der Waals surface area contributed by atoms with Gasteiger partial charge in [0.1, 0.15) is 5.76 Å². The van der Waals surface area contributed by atoms with Crippen molar-refractivity contribution in [3.05, 3.63) is 77.9 Å². The first-order valence-electron chi connectivity index (χ1n) is 7.67. The summed E-state index contributed by atoms with van der Waals surface area (Å²) in [6.07, 6.45) is 2.54. The van der Waals surface area contributed by atoms with Crippen LogP contribution in [0.15, 0.2) is 76.1 Å². The maximum absolute atomic E-state index is 9.94. The molecule has 23 heavy (non-hydrogen) atoms. The number of hydrogen-bond acceptors (Lipinski definition) is 3. The van der Waals surface area contributed by atoms with E-state index in [-0.39, 0.29) is 12.0 Å². The highest BCUT2D eigenvalue weighted by atomic mass is 16.5. The van der Waals surface area contributed by atoms with Crippen LogP contribution in [0.2, 0.25) is 0 Å². The van der Waals surface area contributed by atoms with Gasteiger partial charge in [-0.15, -0.1) is 0 Å². The molecule has 1 heterocycles. The van der Waals surface area contributed by atoms with Crippen molar-refractivity contribution in [2.75, 3.05) is 0 Å². The van der Waals surface area contributed by atoms with Crippen molar-refractivity contribution in [1.82, 2.24) is 0 Å². The summed E-state index contributed by atoms with van der Waals surface area (Å²) in [5.41, 5.74) is 2.78. The first-order chi connectivity index (χ1) is 11.2. The summed E-state index contributed by atoms with van der Waals surface area (Å²) in [5.74, 6) is 0.541. The SMILES string of the molecule is CC(Cc1ccccc1)N=Cc1cc(-c2ccccc2)oc1O. The summed E-state index contributed by atoms with van der Waals surface area (Å²) in [6.45, 7) is 2.05. The van der Waals surface area contributed by atoms with Crippen molar-refractivity contribution < 1.29 is 9.52 Å². The number of aromatic hydroxyl groups is 1. The summed E-state index contributed by atoms with van der Waals surface area (Å²) in [5, 5.41) is 9.94. The van der Waals surface area contributed by atoms with E-state index in [0.717, 1.165) is 12.0 Å². The van der Waals surface area contributed by atoms with Crippen molar-refractivity contribution in [1.29, 1.82) is 0 Å². The Morgan fingerprint density at radius 2 is 1.70 bits per heavy atom. The summed E-state index contributed by atoms with van der Waals surface area (Å²) >= 11 is 0. The third kappa shape index (κ3) is 3.89. The van der Waals surface area contributed by atoms with Gasteiger partial charge in [0, 0.05) is 11.8 Å². The van der Waals surface area contributed by atoms with Crippen molar-refractivity contribution >= 4 is 6.21 Å². The summed E-state index contributed by atoms with van der Waals surface area (Å²) in [6, 6.07) is 21.9. The number of furan rings is 1. The van der Waals surface area contributed by atoms with Crippen molar-refractivity contribution in [3.8, 4) is 17.3 Å². The molecule has 0 saturated carbocycles. The molecule has 0 aliphatic carbocycles. The fraction of sp³-hybridized carbons (Fsp3) is 0.150. The molecule has 0 amide bonds. The molecule has 0 aliphatic heterocycles. The fourth-order valence-corrected chi connectivity index (χ4v) is 2.45. The molecule has 3 heteroatoms. The highest BCUT2D eigenvalue weighted by Crippen LogP contribution is 2.28. The third-order valence-corrected chi connectivity index (χ3v) is 3.64. The lowest BCUT2D eigenvalue weighted by atomic mass is 10.1. The minimum atomic E-state index is -0.0977. The topological polar surface area (TPSA) is 45.7 Å². The Morgan fingerprint density at radius 1 is 1.04 bits per heavy atom. The van der Waals surface area contributed by atoms with E-state index in [1.165, 1.54) is 5.56 Å². The van der Waals surface area contributed by atoms with Gasteiger partial charge in [-0.25, -0.2) is 0 Å². The Labute approximate surface area is 135 Å². The monoisotopic (exact) mass is 305 g/mol. The van der Waals surface area contributed by atoms with Gasteiger partial charge in [0.25, 0.3) is 5.95 Å². The van der Waals surface area contributed by atoms with E-state index in [4.69, 9.17) is 4.42 Å². The first-order valence-corrected chi connectivity index (χ1v) is 7.67. The highest BCUT2D eigenvalue weighted by molar-refractivity contribution is 5.84. The smallest absolute Gasteiger partial charge is 0.291 e. The number of nitrogens with zero attached hydrogens (tertiary/aromatic N) is 1. The van der Waals surface area contributed by atoms with Crippen LogP contribution in [0.1, 0.15) is 18.1 Å². The molecule has 1 atom stereocenters. The van der Waals surface area contributed by atoms with Crippen molar-refractivity contribution in [3.63, 3.8) is 0 Å². The zero-order valence-electron chi connectivity index (χ0n) is 13.0. The van der Waals surface area contributed by atoms with E-state index >= 15 is 0 Å². The molecule has 0 aliphatic rings. The third-order valence-electron chi connectivity index (χ3n) is 3.64. The molecule has 3 nitrogen and oxygen atoms in total. The van der Waals surface area contributed by atoms with E-state index in [0.29, 0.717) is 11.3 Å². The zero-order valence-corrected chi connectivity index (χ0v) is 13.0. The van der Waals surface area contributed by atoms with Gasteiger partial charge in [-0.05, 0) is 25.0 Å². The van der Waals surface area contributed by atoms with Gasteiger partial charge in [-0.2, -0.15) is 0 Å². The molecule has 0 saturated heterocycles. The minimum absolute atomic E-state index is 0.0977. The fourth-order valence-electron chi connectivity index (χ4n) is 2.45. The lowest BCUT2D eigenvalue weighted by Crippen LogP contribution is -2.03. The first kappa shape index (κ1) is 15.1. The Balaban J connectivity index is 1.71. The average Bonchev–Trinajstić information content (AvgIpc) is 2.96. The van der Waals surface area contributed by atoms with E-state index < -0.39 is 0 Å². The maximum Gasteiger partial charge on any atom is 0.291 e. The molecular weight excluding hydrogens is 286 g/mol. The second-order valence-corrected chi connectivity index (χ2v) is 5.55. The Hall–Kier alpha value is -2.81. The molecule has 3 aromatic rings. The number of hydrogen-bond donors (Lipinski definition) is 1. The highest BCUT2D eigenvalue weighted by Gasteiger charge is 2.10. The summed E-state index contributed by atoms with van der Waals surface area (Å²) < 4.78 is 5.42. The lowest BCUT2D eigenvalue weighted by molar-refractivity contribution is 0.337. The predicted octanol–water partition coefficient (Wildman–Crippen LogP) is 4.70. The van der Waals surface area contributed by atoms with Gasteiger partial charge in [0.15, 0.2) is 0 Å². The molecule has 2 aromatic carbocycles. The van der Waals surface area contributed by atoms with Crippen LogP contribution in [0.25, 0.3) is 11.3 Å². The summed E-state index contributed by atoms with van der Waals surface area (Å²) in [7, 11) is 0. The van der Waals surface area contributed by atoms with Crippen LogP contribution in [0.5, 0.6) is 5.95 Å². The van der Waals surface area contributed by atoms with E-state index in [2.05, 4.69) is 24.0 Å². The maximum atomic E-state index is 9.94. The number of benzene rings is 2. The quantitative estimate of drug-likeness (QED) is 0.694. The van der Waals surface area contributed by atoms with Crippen molar-refractivity contribution in [2.45, 2.75) is 19.4 Å². The lowest BCUT2D eigenvalue weighted by Gasteiger charge is -2.05. The van der Waals surface area contributed by atoms with Gasteiger partial charge in [-0.1, -0.05) is 60.7 Å². The molecule has 0 radical (unpaired) electrons. The van der Waals surface area contributed by atoms with Crippen LogP contribution in [0.3, 0.4) is 0 Å². The van der Waals surface area contributed by atoms with Crippen LogP contribution < -0.4 is 0 Å². The Morgan fingerprint density at radius 3 is 2.39 bits per heavy atom. The normalized spacial score (nSPS) is 12.6. The summed E-state index contributed by atoms with van der Waals surface area (Å²) in [4.78, 5) is 4.51. The number of rotatable bonds is 5. The van der Waals surface area contributed by atoms with E-state index in [9.17, 15) is 5.11 Å². The molecule has 116 valence electrons. The standard InChI is InChI=1S/C20H19NO2/c1-15(12-16-8-4-2-5-9-16)21-14-18-13-19(23-20(18)22)17-10-6-3-7-11-17/h2-11,13-15,22H,12H2,1H3. The Bertz CT molecular complexity index is 776. The molecule has 3 rings (SSSR count). The molecule has 0 bridgehead atoms. The van der Waals surface area contributed by atoms with Crippen LogP contribution >= 0.6 is 0 Å². The van der Waals surface area contributed by atoms with Gasteiger partial charge in [-0.3, -0.25) is 4.99 Å². The van der Waals surface area contributed by atoms with Crippen LogP contribution in [-0.4, -0.2) is 17.4 Å². The van der Waals surface area contributed by atoms with Crippen molar-refractivity contribution in [2.24, 2.45) is 4.99 Å². The molecule has 1 N–H and O–H groups in total. The van der Waals surface area contributed by atoms with Gasteiger partial charge in [0.05, 0.1) is 11.6 Å². The van der Waals surface area contributed by atoms with Crippen LogP contribution in [-0.2, 0) is 6.42 Å². The van der Waals surface area contributed by atoms with Gasteiger partial charge in [0.2, 0.25) is 0 Å². The second kappa shape index (κ2) is 6.97. The average molecular weight is 305 g/mol. The van der Waals surface area contributed by atoms with E-state index in [1.807, 2.05) is 54.6 Å². The molecule has 1 aromatic heterocycles. The van der Waals surface area contributed by atoms with Gasteiger partial charge >= 0.3 is 0 Å². The molecule has 1 unspecified atom stereocenters. The molecular formula is C20H19NO2. The van der Waals surface area contributed by atoms with Crippen LogP contribution in [0.4, 0.5) is 0 Å². The largest absolute Gasteiger partial charge is 0.480 e. The zero-order chi connectivity index (χ0) is 16.1. The second-order valence-electron chi connectivity index (χ2n) is 5.55. The van der Waals surface area contributed by atoms with Gasteiger partial charge < -0.3 is 9.52 Å². The number of aliphatic imine (C=N–C) groups is 1. The molecule has 0 fully saturated rings. The minimum Gasteiger partial charge on any atom is -0.480 e. The predicted molar refractivity (Wildman–Crippen MR) is 93.0 cm³/mol. The van der Waals surface area contributed by atoms with E-state index in [1.54, 1.807) is 6.21 Å². The molecule has 0 spiro atoms. The van der Waals surface area contributed by atoms with Crippen LogP contribution in [0, 0.1) is 0 Å². The Kier molecular flexibility index (Phi) is 4.57.